The molecule has 4 rings (SSSR count). The van der Waals surface area contributed by atoms with E-state index in [1.165, 1.54) is 0 Å². The Morgan fingerprint density at radius 3 is 2.52 bits per heavy atom. The zero-order valence-corrected chi connectivity index (χ0v) is 14.5. The largest absolute Gasteiger partial charge is 0.424 e. The van der Waals surface area contributed by atoms with Crippen molar-refractivity contribution in [2.24, 2.45) is 0 Å². The Bertz CT molecular complexity index is 724. The van der Waals surface area contributed by atoms with Crippen LogP contribution in [-0.4, -0.2) is 64.7 Å². The lowest BCUT2D eigenvalue weighted by molar-refractivity contribution is -0.122. The van der Waals surface area contributed by atoms with Gasteiger partial charge in [0.05, 0.1) is 12.6 Å². The number of hydrogen-bond acceptors (Lipinski definition) is 6. The molecule has 1 aromatic carbocycles. The smallest absolute Gasteiger partial charge is 0.244 e. The molecule has 2 aliphatic heterocycles. The lowest BCUT2D eigenvalue weighted by Crippen LogP contribution is -2.52. The second-order valence-corrected chi connectivity index (χ2v) is 6.66. The third-order valence-corrected chi connectivity index (χ3v) is 5.02. The van der Waals surface area contributed by atoms with E-state index in [0.29, 0.717) is 18.3 Å². The van der Waals surface area contributed by atoms with Gasteiger partial charge in [-0.2, -0.15) is 0 Å². The SMILES string of the molecule is Cc1nnc(CN2CCN([C@@H]3CCN(c4ccccc4)C3=O)CC2)o1. The molecule has 1 amide bonds. The van der Waals surface area contributed by atoms with Gasteiger partial charge in [-0.15, -0.1) is 10.2 Å². The monoisotopic (exact) mass is 341 g/mol. The van der Waals surface area contributed by atoms with Crippen LogP contribution in [0.3, 0.4) is 0 Å². The molecule has 2 saturated heterocycles. The number of carbonyl (C=O) groups is 1. The molecule has 25 heavy (non-hydrogen) atoms. The molecule has 2 fully saturated rings. The molecule has 1 aromatic heterocycles. The van der Waals surface area contributed by atoms with Crippen molar-refractivity contribution in [3.05, 3.63) is 42.1 Å². The van der Waals surface area contributed by atoms with Crippen molar-refractivity contribution < 1.29 is 9.21 Å². The number of para-hydroxylation sites is 1. The van der Waals surface area contributed by atoms with E-state index in [9.17, 15) is 4.79 Å². The number of rotatable bonds is 4. The van der Waals surface area contributed by atoms with Crippen molar-refractivity contribution in [1.82, 2.24) is 20.0 Å². The maximum Gasteiger partial charge on any atom is 0.244 e. The van der Waals surface area contributed by atoms with Gasteiger partial charge in [-0.05, 0) is 18.6 Å². The number of amides is 1. The topological polar surface area (TPSA) is 65.7 Å². The first kappa shape index (κ1) is 16.2. The van der Waals surface area contributed by atoms with Gasteiger partial charge in [-0.3, -0.25) is 14.6 Å². The van der Waals surface area contributed by atoms with Crippen LogP contribution in [0.5, 0.6) is 0 Å². The highest BCUT2D eigenvalue weighted by atomic mass is 16.4. The zero-order valence-electron chi connectivity index (χ0n) is 14.5. The maximum atomic E-state index is 12.8. The average Bonchev–Trinajstić information content (AvgIpc) is 3.22. The Kier molecular flexibility index (Phi) is 4.50. The van der Waals surface area contributed by atoms with Crippen LogP contribution in [0.4, 0.5) is 5.69 Å². The number of aromatic nitrogens is 2. The summed E-state index contributed by atoms with van der Waals surface area (Å²) in [5, 5.41) is 7.93. The fraction of sp³-hybridized carbons (Fsp3) is 0.500. The molecule has 0 saturated carbocycles. The summed E-state index contributed by atoms with van der Waals surface area (Å²) in [4.78, 5) is 19.4. The van der Waals surface area contributed by atoms with Gasteiger partial charge in [0.25, 0.3) is 0 Å². The van der Waals surface area contributed by atoms with Crippen molar-refractivity contribution in [3.8, 4) is 0 Å². The summed E-state index contributed by atoms with van der Waals surface area (Å²) in [5.74, 6) is 1.50. The first-order chi connectivity index (χ1) is 12.2. The molecule has 0 aliphatic carbocycles. The molecular formula is C18H23N5O2. The highest BCUT2D eigenvalue weighted by Gasteiger charge is 2.37. The Morgan fingerprint density at radius 1 is 1.08 bits per heavy atom. The lowest BCUT2D eigenvalue weighted by Gasteiger charge is -2.36. The first-order valence-corrected chi connectivity index (χ1v) is 8.82. The van der Waals surface area contributed by atoms with E-state index in [2.05, 4.69) is 20.0 Å². The van der Waals surface area contributed by atoms with E-state index in [-0.39, 0.29) is 11.9 Å². The summed E-state index contributed by atoms with van der Waals surface area (Å²) in [5.41, 5.74) is 1.00. The van der Waals surface area contributed by atoms with Crippen LogP contribution in [0, 0.1) is 6.92 Å². The van der Waals surface area contributed by atoms with Gasteiger partial charge in [0.2, 0.25) is 17.7 Å². The van der Waals surface area contributed by atoms with Crippen LogP contribution in [0.15, 0.2) is 34.7 Å². The van der Waals surface area contributed by atoms with Crippen LogP contribution in [-0.2, 0) is 11.3 Å². The van der Waals surface area contributed by atoms with E-state index in [1.807, 2.05) is 35.2 Å². The van der Waals surface area contributed by atoms with Crippen molar-refractivity contribution in [1.29, 1.82) is 0 Å². The predicted molar refractivity (Wildman–Crippen MR) is 93.1 cm³/mol. The molecule has 0 bridgehead atoms. The molecule has 7 nitrogen and oxygen atoms in total. The Balaban J connectivity index is 1.33. The Morgan fingerprint density at radius 2 is 1.84 bits per heavy atom. The van der Waals surface area contributed by atoms with Gasteiger partial charge in [-0.1, -0.05) is 18.2 Å². The van der Waals surface area contributed by atoms with Gasteiger partial charge in [0.1, 0.15) is 0 Å². The number of nitrogens with zero attached hydrogens (tertiary/aromatic N) is 5. The zero-order chi connectivity index (χ0) is 17.2. The molecule has 0 spiro atoms. The standard InChI is InChI=1S/C18H23N5O2/c1-14-19-20-17(25-14)13-21-9-11-22(12-10-21)16-7-8-23(18(16)24)15-5-3-2-4-6-15/h2-6,16H,7-13H2,1H3/t16-/m1/s1. The minimum absolute atomic E-state index is 0.00741. The average molecular weight is 341 g/mol. The number of hydrogen-bond donors (Lipinski definition) is 0. The van der Waals surface area contributed by atoms with E-state index in [0.717, 1.165) is 44.8 Å². The van der Waals surface area contributed by atoms with Gasteiger partial charge in [0.15, 0.2) is 0 Å². The number of carbonyl (C=O) groups excluding carboxylic acids is 1. The Labute approximate surface area is 147 Å². The molecule has 0 radical (unpaired) electrons. The molecule has 7 heteroatoms. The van der Waals surface area contributed by atoms with Crippen LogP contribution >= 0.6 is 0 Å². The lowest BCUT2D eigenvalue weighted by atomic mass is 10.2. The third-order valence-electron chi connectivity index (χ3n) is 5.02. The maximum absolute atomic E-state index is 12.8. The molecule has 1 atom stereocenters. The van der Waals surface area contributed by atoms with Crippen LogP contribution in [0.2, 0.25) is 0 Å². The van der Waals surface area contributed by atoms with Crippen molar-refractivity contribution in [2.75, 3.05) is 37.6 Å². The highest BCUT2D eigenvalue weighted by Crippen LogP contribution is 2.25. The second kappa shape index (κ2) is 6.93. The fourth-order valence-corrected chi connectivity index (χ4v) is 3.69. The van der Waals surface area contributed by atoms with Crippen LogP contribution < -0.4 is 4.90 Å². The second-order valence-electron chi connectivity index (χ2n) is 6.66. The Hall–Kier alpha value is -2.25. The quantitative estimate of drug-likeness (QED) is 0.835. The van der Waals surface area contributed by atoms with Crippen molar-refractivity contribution in [2.45, 2.75) is 25.9 Å². The summed E-state index contributed by atoms with van der Waals surface area (Å²) < 4.78 is 5.45. The highest BCUT2D eigenvalue weighted by molar-refractivity contribution is 5.99. The molecule has 132 valence electrons. The minimum Gasteiger partial charge on any atom is -0.424 e. The predicted octanol–water partition coefficient (Wildman–Crippen LogP) is 1.30. The molecule has 0 unspecified atom stereocenters. The van der Waals surface area contributed by atoms with Gasteiger partial charge in [-0.25, -0.2) is 0 Å². The molecule has 3 heterocycles. The summed E-state index contributed by atoms with van der Waals surface area (Å²) >= 11 is 0. The van der Waals surface area contributed by atoms with Crippen LogP contribution in [0.1, 0.15) is 18.2 Å². The number of aryl methyl sites for hydroxylation is 1. The van der Waals surface area contributed by atoms with E-state index < -0.39 is 0 Å². The van der Waals surface area contributed by atoms with E-state index in [4.69, 9.17) is 4.42 Å². The van der Waals surface area contributed by atoms with Gasteiger partial charge >= 0.3 is 0 Å². The van der Waals surface area contributed by atoms with Crippen molar-refractivity contribution >= 4 is 11.6 Å². The number of anilines is 1. The molecular weight excluding hydrogens is 318 g/mol. The summed E-state index contributed by atoms with van der Waals surface area (Å²) in [6.45, 7) is 6.91. The van der Waals surface area contributed by atoms with Crippen LogP contribution in [0.25, 0.3) is 0 Å². The van der Waals surface area contributed by atoms with Crippen molar-refractivity contribution in [3.63, 3.8) is 0 Å². The number of benzene rings is 1. The molecule has 2 aromatic rings. The third kappa shape index (κ3) is 3.43. The first-order valence-electron chi connectivity index (χ1n) is 8.82. The van der Waals surface area contributed by atoms with Gasteiger partial charge < -0.3 is 9.32 Å². The summed E-state index contributed by atoms with van der Waals surface area (Å²) in [6.07, 6.45) is 0.899. The number of piperazine rings is 1. The fourth-order valence-electron chi connectivity index (χ4n) is 3.69. The molecule has 0 N–H and O–H groups in total. The van der Waals surface area contributed by atoms with E-state index >= 15 is 0 Å². The summed E-state index contributed by atoms with van der Waals surface area (Å²) in [6, 6.07) is 9.95. The normalized spacial score (nSPS) is 22.7. The minimum atomic E-state index is 0.00741. The summed E-state index contributed by atoms with van der Waals surface area (Å²) in [7, 11) is 0. The van der Waals surface area contributed by atoms with E-state index in [1.54, 1.807) is 6.92 Å². The molecule has 2 aliphatic rings. The van der Waals surface area contributed by atoms with Gasteiger partial charge in [0, 0.05) is 45.3 Å².